The summed E-state index contributed by atoms with van der Waals surface area (Å²) in [5, 5.41) is 8.73. The van der Waals surface area contributed by atoms with E-state index in [1.807, 2.05) is 0 Å². The lowest BCUT2D eigenvalue weighted by Gasteiger charge is -2.05. The summed E-state index contributed by atoms with van der Waals surface area (Å²) in [6.45, 7) is 1.68. The van der Waals surface area contributed by atoms with Crippen LogP contribution in [0.4, 0.5) is 10.1 Å². The number of aromatic amines is 1. The van der Waals surface area contributed by atoms with E-state index in [4.69, 9.17) is 4.74 Å². The first-order valence-electron chi connectivity index (χ1n) is 5.14. The Balaban J connectivity index is 2.14. The number of carbonyl (C=O) groups excluding carboxylic acids is 1. The molecule has 0 aliphatic carbocycles. The fraction of sp³-hybridized carbons (Fsp3) is 0.182. The molecule has 2 N–H and O–H groups in total. The molecule has 2 aromatic rings. The summed E-state index contributed by atoms with van der Waals surface area (Å²) in [6, 6.07) is 4.11. The zero-order valence-corrected chi connectivity index (χ0v) is 9.82. The van der Waals surface area contributed by atoms with Gasteiger partial charge in [0.2, 0.25) is 5.82 Å². The van der Waals surface area contributed by atoms with Gasteiger partial charge in [0.25, 0.3) is 5.91 Å². The number of aromatic nitrogens is 3. The highest BCUT2D eigenvalue weighted by atomic mass is 19.1. The van der Waals surface area contributed by atoms with Crippen LogP contribution in [-0.4, -0.2) is 28.2 Å². The van der Waals surface area contributed by atoms with Crippen LogP contribution in [-0.2, 0) is 0 Å². The number of halogens is 1. The quantitative estimate of drug-likeness (QED) is 0.865. The third-order valence-corrected chi connectivity index (χ3v) is 2.21. The minimum Gasteiger partial charge on any atom is -0.494 e. The van der Waals surface area contributed by atoms with Crippen LogP contribution in [0.2, 0.25) is 0 Å². The van der Waals surface area contributed by atoms with Crippen molar-refractivity contribution in [2.45, 2.75) is 6.92 Å². The van der Waals surface area contributed by atoms with Gasteiger partial charge in [0.05, 0.1) is 7.11 Å². The number of nitrogens with zero attached hydrogens (tertiary/aromatic N) is 2. The summed E-state index contributed by atoms with van der Waals surface area (Å²) in [5.74, 6) is -0.420. The molecule has 0 aliphatic rings. The number of anilines is 1. The van der Waals surface area contributed by atoms with E-state index in [1.54, 1.807) is 6.92 Å². The van der Waals surface area contributed by atoms with Crippen LogP contribution in [0.3, 0.4) is 0 Å². The molecule has 0 saturated carbocycles. The van der Waals surface area contributed by atoms with Crippen LogP contribution in [0.1, 0.15) is 16.4 Å². The predicted molar refractivity (Wildman–Crippen MR) is 62.0 cm³/mol. The summed E-state index contributed by atoms with van der Waals surface area (Å²) in [6.07, 6.45) is 0. The third kappa shape index (κ3) is 2.45. The van der Waals surface area contributed by atoms with Crippen LogP contribution >= 0.6 is 0 Å². The van der Waals surface area contributed by atoms with Crippen molar-refractivity contribution in [2.24, 2.45) is 0 Å². The summed E-state index contributed by atoms with van der Waals surface area (Å²) in [5.41, 5.74) is 0.306. The number of aryl methyl sites for hydroxylation is 1. The number of nitrogens with one attached hydrogen (secondary N) is 2. The molecule has 6 nitrogen and oxygen atoms in total. The standard InChI is InChI=1S/C11H11FN4O2/c1-6-13-10(16-15-6)11(17)14-7-3-4-9(18-2)8(12)5-7/h3-5H,1-2H3,(H,14,17)(H,13,15,16). The van der Waals surface area contributed by atoms with Gasteiger partial charge in [0, 0.05) is 11.8 Å². The molecule has 1 heterocycles. The van der Waals surface area contributed by atoms with E-state index >= 15 is 0 Å². The van der Waals surface area contributed by atoms with Crippen molar-refractivity contribution < 1.29 is 13.9 Å². The number of benzene rings is 1. The van der Waals surface area contributed by atoms with E-state index in [9.17, 15) is 9.18 Å². The minimum absolute atomic E-state index is 0.00345. The molecule has 0 unspecified atom stereocenters. The molecule has 94 valence electrons. The van der Waals surface area contributed by atoms with E-state index < -0.39 is 11.7 Å². The summed E-state index contributed by atoms with van der Waals surface area (Å²) in [4.78, 5) is 15.5. The Morgan fingerprint density at radius 2 is 2.28 bits per heavy atom. The van der Waals surface area contributed by atoms with Crippen LogP contribution in [0.25, 0.3) is 0 Å². The predicted octanol–water partition coefficient (Wildman–Crippen LogP) is 1.51. The van der Waals surface area contributed by atoms with Gasteiger partial charge in [-0.2, -0.15) is 0 Å². The highest BCUT2D eigenvalue weighted by Gasteiger charge is 2.12. The molecule has 1 aromatic carbocycles. The Kier molecular flexibility index (Phi) is 3.22. The Morgan fingerprint density at radius 3 is 2.83 bits per heavy atom. The molecular formula is C11H11FN4O2. The smallest absolute Gasteiger partial charge is 0.295 e. The molecule has 0 spiro atoms. The average Bonchev–Trinajstić information content (AvgIpc) is 2.76. The maximum atomic E-state index is 13.4. The van der Waals surface area contributed by atoms with Gasteiger partial charge in [0.1, 0.15) is 5.82 Å². The maximum Gasteiger partial charge on any atom is 0.295 e. The number of rotatable bonds is 3. The summed E-state index contributed by atoms with van der Waals surface area (Å²) in [7, 11) is 1.37. The molecular weight excluding hydrogens is 239 g/mol. The second kappa shape index (κ2) is 4.82. The number of methoxy groups -OCH3 is 1. The number of carbonyl (C=O) groups is 1. The van der Waals surface area contributed by atoms with Gasteiger partial charge in [-0.3, -0.25) is 9.89 Å². The monoisotopic (exact) mass is 250 g/mol. The molecule has 1 aromatic heterocycles. The second-order valence-electron chi connectivity index (χ2n) is 3.55. The number of hydrogen-bond donors (Lipinski definition) is 2. The van der Waals surface area contributed by atoms with Crippen molar-refractivity contribution in [2.75, 3.05) is 12.4 Å². The molecule has 2 rings (SSSR count). The fourth-order valence-electron chi connectivity index (χ4n) is 1.38. The van der Waals surface area contributed by atoms with Crippen LogP contribution in [0.15, 0.2) is 18.2 Å². The van der Waals surface area contributed by atoms with Crippen molar-refractivity contribution in [1.82, 2.24) is 15.2 Å². The first kappa shape index (κ1) is 12.0. The number of hydrogen-bond acceptors (Lipinski definition) is 4. The van der Waals surface area contributed by atoms with Crippen LogP contribution in [0.5, 0.6) is 5.75 Å². The molecule has 0 atom stereocenters. The van der Waals surface area contributed by atoms with Crippen molar-refractivity contribution >= 4 is 11.6 Å². The van der Waals surface area contributed by atoms with Gasteiger partial charge < -0.3 is 10.1 Å². The molecule has 0 radical (unpaired) electrons. The lowest BCUT2D eigenvalue weighted by atomic mass is 10.3. The molecule has 0 aliphatic heterocycles. The number of amides is 1. The lowest BCUT2D eigenvalue weighted by Crippen LogP contribution is -2.14. The topological polar surface area (TPSA) is 79.9 Å². The molecule has 1 amide bonds. The van der Waals surface area contributed by atoms with Gasteiger partial charge in [-0.15, -0.1) is 5.10 Å². The Hall–Kier alpha value is -2.44. The minimum atomic E-state index is -0.554. The first-order valence-corrected chi connectivity index (χ1v) is 5.14. The van der Waals surface area contributed by atoms with Gasteiger partial charge in [-0.25, -0.2) is 9.37 Å². The van der Waals surface area contributed by atoms with Gasteiger partial charge in [0.15, 0.2) is 11.6 Å². The molecule has 7 heteroatoms. The van der Waals surface area contributed by atoms with Crippen LogP contribution < -0.4 is 10.1 Å². The Labute approximate surface area is 102 Å². The van der Waals surface area contributed by atoms with Crippen molar-refractivity contribution in [3.63, 3.8) is 0 Å². The molecule has 0 saturated heterocycles. The number of H-pyrrole nitrogens is 1. The van der Waals surface area contributed by atoms with Crippen molar-refractivity contribution in [3.8, 4) is 5.75 Å². The maximum absolute atomic E-state index is 13.4. The number of ether oxygens (including phenoxy) is 1. The molecule has 0 fully saturated rings. The third-order valence-electron chi connectivity index (χ3n) is 2.21. The van der Waals surface area contributed by atoms with E-state index in [0.29, 0.717) is 11.5 Å². The van der Waals surface area contributed by atoms with Gasteiger partial charge in [-0.1, -0.05) is 0 Å². The molecule has 0 bridgehead atoms. The highest BCUT2D eigenvalue weighted by Crippen LogP contribution is 2.20. The Morgan fingerprint density at radius 1 is 1.50 bits per heavy atom. The van der Waals surface area contributed by atoms with Crippen molar-refractivity contribution in [3.05, 3.63) is 35.7 Å². The normalized spacial score (nSPS) is 10.2. The van der Waals surface area contributed by atoms with Crippen LogP contribution in [0, 0.1) is 12.7 Å². The van der Waals surface area contributed by atoms with E-state index in [0.717, 1.165) is 6.07 Å². The zero-order chi connectivity index (χ0) is 13.1. The zero-order valence-electron chi connectivity index (χ0n) is 9.82. The summed E-state index contributed by atoms with van der Waals surface area (Å²) < 4.78 is 18.2. The summed E-state index contributed by atoms with van der Waals surface area (Å²) >= 11 is 0. The van der Waals surface area contributed by atoms with E-state index in [2.05, 4.69) is 20.5 Å². The average molecular weight is 250 g/mol. The van der Waals surface area contributed by atoms with Gasteiger partial charge in [-0.05, 0) is 19.1 Å². The molecule has 18 heavy (non-hydrogen) atoms. The SMILES string of the molecule is COc1ccc(NC(=O)c2n[nH]c(C)n2)cc1F. The fourth-order valence-corrected chi connectivity index (χ4v) is 1.38. The van der Waals surface area contributed by atoms with E-state index in [-0.39, 0.29) is 11.6 Å². The van der Waals surface area contributed by atoms with Crippen molar-refractivity contribution in [1.29, 1.82) is 0 Å². The van der Waals surface area contributed by atoms with E-state index in [1.165, 1.54) is 19.2 Å². The Bertz CT molecular complexity index is 582. The van der Waals surface area contributed by atoms with Gasteiger partial charge >= 0.3 is 0 Å². The lowest BCUT2D eigenvalue weighted by molar-refractivity contribution is 0.101. The highest BCUT2D eigenvalue weighted by molar-refractivity contribution is 6.01. The first-order chi connectivity index (χ1) is 8.60. The second-order valence-corrected chi connectivity index (χ2v) is 3.55. The largest absolute Gasteiger partial charge is 0.494 e.